The number of rotatable bonds is 3. The van der Waals surface area contributed by atoms with Crippen molar-refractivity contribution in [1.82, 2.24) is 14.3 Å². The van der Waals surface area contributed by atoms with Crippen LogP contribution >= 0.6 is 0 Å². The summed E-state index contributed by atoms with van der Waals surface area (Å²) in [5.74, 6) is 0. The number of carbonyl (C=O) groups excluding carboxylic acids is 1. The monoisotopic (exact) mass is 255 g/mol. The summed E-state index contributed by atoms with van der Waals surface area (Å²) in [6, 6.07) is 7.41. The van der Waals surface area contributed by atoms with E-state index < -0.39 is 0 Å². The molecule has 0 aliphatic heterocycles. The molecule has 2 heterocycles. The van der Waals surface area contributed by atoms with Gasteiger partial charge in [0.1, 0.15) is 6.29 Å². The molecule has 0 radical (unpaired) electrons. The number of nitrogens with zero attached hydrogens (tertiary/aromatic N) is 2. The molecular weight excluding hydrogens is 242 g/mol. The number of carbonyl (C=O) groups is 1. The van der Waals surface area contributed by atoms with Crippen LogP contribution in [0, 0.1) is 6.92 Å². The molecule has 0 aliphatic carbocycles. The summed E-state index contributed by atoms with van der Waals surface area (Å²) in [5.41, 5.74) is 2.47. The van der Waals surface area contributed by atoms with E-state index in [0.717, 1.165) is 28.4 Å². The van der Waals surface area contributed by atoms with Crippen LogP contribution in [-0.4, -0.2) is 20.6 Å². The fraction of sp³-hybridized carbons (Fsp3) is 0.143. The van der Waals surface area contributed by atoms with E-state index in [2.05, 4.69) is 5.10 Å². The average molecular weight is 255 g/mol. The number of hydrogen-bond donors (Lipinski definition) is 1. The van der Waals surface area contributed by atoms with E-state index in [9.17, 15) is 9.59 Å². The van der Waals surface area contributed by atoms with Crippen LogP contribution in [0.1, 0.15) is 5.56 Å². The molecule has 0 unspecified atom stereocenters. The van der Waals surface area contributed by atoms with E-state index in [1.54, 1.807) is 6.07 Å². The highest BCUT2D eigenvalue weighted by atomic mass is 16.1. The fourth-order valence-electron chi connectivity index (χ4n) is 2.26. The summed E-state index contributed by atoms with van der Waals surface area (Å²) in [7, 11) is 0. The second-order valence-electron chi connectivity index (χ2n) is 4.46. The van der Waals surface area contributed by atoms with Gasteiger partial charge in [-0.2, -0.15) is 0 Å². The van der Waals surface area contributed by atoms with Crippen LogP contribution in [0.5, 0.6) is 0 Å². The highest BCUT2D eigenvalue weighted by Gasteiger charge is 2.08. The number of fused-ring (bicyclic) bond motifs is 1. The second kappa shape index (κ2) is 4.28. The minimum absolute atomic E-state index is 0.0718. The van der Waals surface area contributed by atoms with Crippen LogP contribution in [0.4, 0.5) is 0 Å². The van der Waals surface area contributed by atoms with Gasteiger partial charge in [-0.15, -0.1) is 0 Å². The lowest BCUT2D eigenvalue weighted by Crippen LogP contribution is -2.21. The summed E-state index contributed by atoms with van der Waals surface area (Å²) in [4.78, 5) is 22.7. The largest absolute Gasteiger partial charge is 0.301 e. The molecule has 0 fully saturated rings. The maximum absolute atomic E-state index is 12.0. The van der Waals surface area contributed by atoms with Gasteiger partial charge in [-0.25, -0.2) is 0 Å². The molecule has 0 saturated carbocycles. The maximum atomic E-state index is 12.0. The van der Waals surface area contributed by atoms with Gasteiger partial charge in [-0.05, 0) is 24.6 Å². The summed E-state index contributed by atoms with van der Waals surface area (Å²) in [5, 5.41) is 3.98. The van der Waals surface area contributed by atoms with Crippen molar-refractivity contribution in [1.29, 1.82) is 0 Å². The normalized spacial score (nSPS) is 11.0. The summed E-state index contributed by atoms with van der Waals surface area (Å²) < 4.78 is 3.33. The van der Waals surface area contributed by atoms with Crippen LogP contribution in [0.3, 0.4) is 0 Å². The highest BCUT2D eigenvalue weighted by molar-refractivity contribution is 5.84. The van der Waals surface area contributed by atoms with Crippen molar-refractivity contribution >= 4 is 17.2 Å². The molecule has 3 rings (SSSR count). The molecule has 1 N–H and O–H groups in total. The Morgan fingerprint density at radius 3 is 2.74 bits per heavy atom. The van der Waals surface area contributed by atoms with E-state index in [1.807, 2.05) is 42.2 Å². The molecule has 0 atom stereocenters. The zero-order valence-corrected chi connectivity index (χ0v) is 10.5. The fourth-order valence-corrected chi connectivity index (χ4v) is 2.26. The lowest BCUT2D eigenvalue weighted by Gasteiger charge is -2.14. The first-order valence-corrected chi connectivity index (χ1v) is 6.00. The Morgan fingerprint density at radius 1 is 1.32 bits per heavy atom. The zero-order valence-electron chi connectivity index (χ0n) is 10.5. The number of nitrogens with one attached hydrogen (secondary N) is 1. The van der Waals surface area contributed by atoms with Crippen molar-refractivity contribution in [2.75, 3.05) is 0 Å². The number of aromatic amines is 1. The highest BCUT2D eigenvalue weighted by Crippen LogP contribution is 2.20. The zero-order chi connectivity index (χ0) is 13.4. The minimum Gasteiger partial charge on any atom is -0.301 e. The third-order valence-electron chi connectivity index (χ3n) is 3.28. The average Bonchev–Trinajstić information content (AvgIpc) is 2.32. The van der Waals surface area contributed by atoms with Gasteiger partial charge in [0, 0.05) is 23.8 Å². The van der Waals surface area contributed by atoms with E-state index >= 15 is 0 Å². The van der Waals surface area contributed by atoms with E-state index in [1.165, 1.54) is 4.57 Å². The van der Waals surface area contributed by atoms with Crippen LogP contribution in [-0.2, 0) is 11.3 Å². The van der Waals surface area contributed by atoms with Gasteiger partial charge in [0.15, 0.2) is 0 Å². The topological polar surface area (TPSA) is 59.8 Å². The number of aryl methyl sites for hydroxylation is 1. The third-order valence-corrected chi connectivity index (χ3v) is 3.28. The molecule has 0 amide bonds. The quantitative estimate of drug-likeness (QED) is 0.723. The molecule has 19 heavy (non-hydrogen) atoms. The van der Waals surface area contributed by atoms with Crippen molar-refractivity contribution in [3.63, 3.8) is 0 Å². The Labute approximate surface area is 109 Å². The van der Waals surface area contributed by atoms with Gasteiger partial charge < -0.3 is 14.5 Å². The van der Waals surface area contributed by atoms with Gasteiger partial charge in [0.05, 0.1) is 17.7 Å². The van der Waals surface area contributed by atoms with Crippen molar-refractivity contribution in [2.24, 2.45) is 0 Å². The van der Waals surface area contributed by atoms with Crippen LogP contribution in [0.25, 0.3) is 16.6 Å². The van der Waals surface area contributed by atoms with Gasteiger partial charge >= 0.3 is 0 Å². The van der Waals surface area contributed by atoms with Gasteiger partial charge in [0.25, 0.3) is 5.56 Å². The number of hydrogen-bond acceptors (Lipinski definition) is 2. The molecule has 0 spiro atoms. The summed E-state index contributed by atoms with van der Waals surface area (Å²) in [6.45, 7) is 1.97. The van der Waals surface area contributed by atoms with Crippen LogP contribution in [0.2, 0.25) is 0 Å². The van der Waals surface area contributed by atoms with Gasteiger partial charge in [0.2, 0.25) is 0 Å². The third kappa shape index (κ3) is 1.79. The molecule has 1 aromatic carbocycles. The lowest BCUT2D eigenvalue weighted by molar-refractivity contribution is -0.108. The smallest absolute Gasteiger partial charge is 0.251 e. The predicted octanol–water partition coefficient (Wildman–Crippen LogP) is 1.63. The van der Waals surface area contributed by atoms with Crippen molar-refractivity contribution in [3.8, 4) is 5.69 Å². The number of pyridine rings is 1. The Bertz CT molecular complexity index is 799. The number of aromatic nitrogens is 3. The molecule has 0 saturated heterocycles. The second-order valence-corrected chi connectivity index (χ2v) is 4.46. The molecule has 0 aliphatic rings. The Kier molecular flexibility index (Phi) is 2.59. The van der Waals surface area contributed by atoms with E-state index in [0.29, 0.717) is 0 Å². The van der Waals surface area contributed by atoms with Crippen molar-refractivity contribution in [3.05, 3.63) is 52.6 Å². The minimum atomic E-state index is -0.152. The first-order valence-electron chi connectivity index (χ1n) is 6.00. The maximum Gasteiger partial charge on any atom is 0.251 e. The SMILES string of the molecule is Cc1cc(=O)n(CC=O)c2cc(-n3cc[nH]3)ccc12. The predicted molar refractivity (Wildman–Crippen MR) is 72.7 cm³/mol. The Hall–Kier alpha value is -2.56. The molecule has 2 aromatic heterocycles. The first-order chi connectivity index (χ1) is 9.20. The summed E-state index contributed by atoms with van der Waals surface area (Å²) >= 11 is 0. The summed E-state index contributed by atoms with van der Waals surface area (Å²) in [6.07, 6.45) is 4.45. The van der Waals surface area contributed by atoms with E-state index in [-0.39, 0.29) is 12.1 Å². The van der Waals surface area contributed by atoms with Gasteiger partial charge in [-0.3, -0.25) is 9.48 Å². The van der Waals surface area contributed by atoms with Gasteiger partial charge in [-0.1, -0.05) is 6.07 Å². The number of H-pyrrole nitrogens is 1. The first kappa shape index (κ1) is 11.5. The van der Waals surface area contributed by atoms with Crippen molar-refractivity contribution < 1.29 is 4.79 Å². The van der Waals surface area contributed by atoms with Crippen LogP contribution < -0.4 is 5.56 Å². The van der Waals surface area contributed by atoms with Crippen LogP contribution in [0.15, 0.2) is 41.5 Å². The Morgan fingerprint density at radius 2 is 2.11 bits per heavy atom. The molecule has 0 bridgehead atoms. The molecule has 5 nitrogen and oxygen atoms in total. The molecule has 5 heteroatoms. The van der Waals surface area contributed by atoms with Crippen molar-refractivity contribution in [2.45, 2.75) is 13.5 Å². The number of aldehydes is 1. The van der Waals surface area contributed by atoms with E-state index in [4.69, 9.17) is 0 Å². The molecule has 96 valence electrons. The molecular formula is C14H13N3O2. The lowest BCUT2D eigenvalue weighted by atomic mass is 10.1. The standard InChI is InChI=1S/C14H13N3O2/c1-10-8-14(19)16(6-7-18)13-9-11(2-3-12(10)13)17-5-4-15-17/h2-5,7-9,15H,6H2,1H3. The molecule has 3 aromatic rings. The number of benzene rings is 1. The Balaban J connectivity index is 2.34.